The summed E-state index contributed by atoms with van der Waals surface area (Å²) in [7, 11) is -5.16. The Hall–Kier alpha value is -12.8. The molecule has 0 fully saturated rings. The van der Waals surface area contributed by atoms with Crippen molar-refractivity contribution >= 4 is 134 Å². The number of hydrogen-bond acceptors (Lipinski definition) is 17. The maximum atomic E-state index is 15.1. The minimum absolute atomic E-state index is 0.0331. The molecule has 4 aromatic heterocycles. The largest absolute Gasteiger partial charge is 0.497 e. The van der Waals surface area contributed by atoms with Crippen molar-refractivity contribution in [2.24, 2.45) is 0 Å². The second-order valence-electron chi connectivity index (χ2n) is 31.2. The van der Waals surface area contributed by atoms with Gasteiger partial charge in [0, 0.05) is 59.1 Å². The Labute approximate surface area is 810 Å². The number of carbonyl (C=O) groups excluding carboxylic acids is 2. The highest BCUT2D eigenvalue weighted by Gasteiger charge is 2.91. The molecule has 0 atom stereocenters. The molecular weight excluding hydrogens is 2120 g/mol. The van der Waals surface area contributed by atoms with Crippen molar-refractivity contribution in [3.05, 3.63) is 227 Å². The molecule has 12 aromatic rings. The molecule has 146 heavy (non-hydrogen) atoms. The van der Waals surface area contributed by atoms with Crippen LogP contribution in [0.2, 0.25) is 0 Å². The number of nitrogens with zero attached hydrogens (tertiary/aromatic N) is 6. The van der Waals surface area contributed by atoms with Crippen LogP contribution in [0, 0.1) is 22.7 Å². The molecule has 0 unspecified atom stereocenters. The minimum atomic E-state index is -8.62. The Morgan fingerprint density at radius 2 is 0.692 bits per heavy atom. The van der Waals surface area contributed by atoms with E-state index in [1.807, 2.05) is 8.96 Å². The Bertz CT molecular complexity index is 6960. The number of aromatic nitrogens is 4. The molecule has 0 bridgehead atoms. The van der Waals surface area contributed by atoms with E-state index < -0.39 is 187 Å². The summed E-state index contributed by atoms with van der Waals surface area (Å²) in [6.07, 6.45) is -53.6. The van der Waals surface area contributed by atoms with Crippen molar-refractivity contribution in [2.45, 2.75) is 133 Å². The molecule has 2 amide bonds. The van der Waals surface area contributed by atoms with Gasteiger partial charge in [-0.15, -0.1) is 22.7 Å². The fourth-order valence-electron chi connectivity index (χ4n) is 14.5. The molecule has 8 aromatic carbocycles. The number of benzene rings is 8. The first-order valence-corrected chi connectivity index (χ1v) is 44.9. The second kappa shape index (κ2) is 40.8. The summed E-state index contributed by atoms with van der Waals surface area (Å²) in [6.45, 7) is -3.40. The number of carbonyl (C=O) groups is 2. The number of amides is 2. The van der Waals surface area contributed by atoms with Gasteiger partial charge in [0.1, 0.15) is 56.3 Å². The SMILES string of the molecule is COc1ccc2sc(/C(C#N)=c3/c4c(-c5ccc(OCCCCC(=O)NS(=O)(=O)C(F)(F)C(F)(F)C(F)(F)C(F)(F)OC(F)(F)C(F)(F)C(F)(F)C(F)(F)F)cc5)n(B(c5ccccc5)c5ccccc5)/c(=C(/C#N)c5nc6cc(OC)ccc6s5)c4c(-c4ccc(OCCCCC(=O)NSC(F)(F)C(F)(F)C(F)(F)C(F)(F)OC(F)(F)C(F)(F)C(F)(F)C(F)(F)F)cc4)n3B(c3ccccc3)c3ccccc3)nc2c1. The van der Waals surface area contributed by atoms with E-state index in [0.717, 1.165) is 27.4 Å². The summed E-state index contributed by atoms with van der Waals surface area (Å²) in [5.41, 5.74) is 2.85. The lowest BCUT2D eigenvalue weighted by Gasteiger charge is -2.39. The molecule has 12 rings (SSSR count). The first kappa shape index (κ1) is 112. The zero-order chi connectivity index (χ0) is 108. The summed E-state index contributed by atoms with van der Waals surface area (Å²) >= 11 is -0.0245. The van der Waals surface area contributed by atoms with Gasteiger partial charge in [-0.05, 0) is 110 Å². The third-order valence-electron chi connectivity index (χ3n) is 21.7. The van der Waals surface area contributed by atoms with Gasteiger partial charge in [-0.3, -0.25) is 14.3 Å². The third kappa shape index (κ3) is 20.5. The Kier molecular flexibility index (Phi) is 31.3. The number of hydrogen-bond donors (Lipinski definition) is 2. The van der Waals surface area contributed by atoms with Crippen LogP contribution < -0.4 is 60.9 Å². The van der Waals surface area contributed by atoms with E-state index in [1.165, 1.54) is 72.2 Å². The Morgan fingerprint density at radius 3 is 1.00 bits per heavy atom. The van der Waals surface area contributed by atoms with E-state index >= 15 is 8.78 Å². The maximum absolute atomic E-state index is 15.1. The molecule has 0 aliphatic carbocycles. The van der Waals surface area contributed by atoms with Crippen molar-refractivity contribution in [3.63, 3.8) is 0 Å². The zero-order valence-electron chi connectivity index (χ0n) is 72.7. The van der Waals surface area contributed by atoms with Crippen molar-refractivity contribution in [2.75, 3.05) is 27.4 Å². The van der Waals surface area contributed by atoms with E-state index in [0.29, 0.717) is 53.8 Å². The normalized spacial score (nSPS) is 14.0. The second-order valence-corrected chi connectivity index (χ2v) is 35.9. The number of thiazole rings is 2. The lowest BCUT2D eigenvalue weighted by Crippen LogP contribution is -2.69. The summed E-state index contributed by atoms with van der Waals surface area (Å²) in [5.74, 6) is -70.0. The van der Waals surface area contributed by atoms with Crippen LogP contribution in [0.5, 0.6) is 23.0 Å². The molecule has 0 radical (unpaired) electrons. The van der Waals surface area contributed by atoms with Gasteiger partial charge in [0.05, 0.1) is 58.6 Å². The first-order valence-electron chi connectivity index (χ1n) is 41.0. The highest BCUT2D eigenvalue weighted by molar-refractivity contribution is 7.99. The van der Waals surface area contributed by atoms with Gasteiger partial charge in [-0.2, -0.15) is 168 Å². The standard InChI is InChI=1S/C88H58B2F34N8O10S4/c1-137-55-37-39-61-59(43-55)127-71(143-61)57(45-125)69-65-66(68(132(69)90(51-23-11-5-12-24-51)52-25-13-6-14-26-52)48-31-35-54(36-32-48)140-42-18-16-28-64(134)130-146(135,136)88(123,124)80(105,106)78(101,102)86(119,120)142-84(115,116)76(97,98)74(93,94)82(110,111)112)70(58(46-126)72-128-60-44-56(138-2)38-40-62(60)144-72)131(89(49-19-7-3-8-20-49)50-21-9-4-10-22-50)67(65)47-29-33-53(34-30-47)139-41-17-15-27-63(133)129-145-87(121,122)79(103,104)77(99,100)85(117,118)141-83(113,114)75(95,96)73(91,92)81(107,108)109/h3-14,19-26,29-40,43-44H,15-18,27-28,41-42H2,1-2H3,(H,129,133)(H,130,134)/b69-57-,70-58-. The summed E-state index contributed by atoms with van der Waals surface area (Å²) in [5, 5.41) is 10.7. The number of sulfonamides is 1. The summed E-state index contributed by atoms with van der Waals surface area (Å²) < 4.78 is 532. The van der Waals surface area contributed by atoms with E-state index in [4.69, 9.17) is 28.9 Å². The van der Waals surface area contributed by atoms with Crippen molar-refractivity contribution in [1.82, 2.24) is 28.4 Å². The van der Waals surface area contributed by atoms with Gasteiger partial charge < -0.3 is 27.9 Å². The van der Waals surface area contributed by atoms with Crippen LogP contribution in [0.25, 0.3) is 64.9 Å². The smallest absolute Gasteiger partial charge is 0.460 e. The fourth-order valence-corrected chi connectivity index (χ4v) is 17.9. The van der Waals surface area contributed by atoms with Gasteiger partial charge in [-0.25, -0.2) is 24.2 Å². The lowest BCUT2D eigenvalue weighted by molar-refractivity contribution is -0.517. The van der Waals surface area contributed by atoms with Crippen LogP contribution in [0.3, 0.4) is 0 Å². The van der Waals surface area contributed by atoms with Crippen molar-refractivity contribution < 1.29 is 196 Å². The average Bonchev–Trinajstić information content (AvgIpc) is 1.52. The minimum Gasteiger partial charge on any atom is -0.497 e. The van der Waals surface area contributed by atoms with Crippen LogP contribution in [-0.4, -0.2) is 175 Å². The lowest BCUT2D eigenvalue weighted by atomic mass is 9.50. The van der Waals surface area contributed by atoms with Crippen LogP contribution >= 0.6 is 34.6 Å². The van der Waals surface area contributed by atoms with Crippen LogP contribution in [0.4, 0.5) is 149 Å². The molecule has 18 nitrogen and oxygen atoms in total. The van der Waals surface area contributed by atoms with E-state index in [9.17, 15) is 169 Å². The number of halogens is 34. The highest BCUT2D eigenvalue weighted by Crippen LogP contribution is 2.63. The van der Waals surface area contributed by atoms with Gasteiger partial charge in [0.2, 0.25) is 11.8 Å². The zero-order valence-corrected chi connectivity index (χ0v) is 76.0. The fraction of sp³-hybridized carbons (Fsp3) is 0.295. The molecule has 0 saturated carbocycles. The number of nitriles is 2. The number of rotatable bonds is 42. The monoisotopic (exact) mass is 2180 g/mol. The van der Waals surface area contributed by atoms with Crippen molar-refractivity contribution in [1.29, 1.82) is 10.5 Å². The van der Waals surface area contributed by atoms with E-state index in [2.05, 4.69) is 12.1 Å². The van der Waals surface area contributed by atoms with Crippen LogP contribution in [0.1, 0.15) is 48.5 Å². The molecule has 4 heterocycles. The van der Waals surface area contributed by atoms with Gasteiger partial charge in [-0.1, -0.05) is 143 Å². The molecule has 0 aliphatic rings. The van der Waals surface area contributed by atoms with Gasteiger partial charge in [0.15, 0.2) is 0 Å². The molecule has 0 spiro atoms. The highest BCUT2D eigenvalue weighted by atomic mass is 32.2. The predicted molar refractivity (Wildman–Crippen MR) is 460 cm³/mol. The average molecular weight is 2180 g/mol. The van der Waals surface area contributed by atoms with Gasteiger partial charge in [0.25, 0.3) is 0 Å². The summed E-state index contributed by atoms with van der Waals surface area (Å²) in [6, 6.07) is 60.4. The Morgan fingerprint density at radius 1 is 0.390 bits per heavy atom. The van der Waals surface area contributed by atoms with Gasteiger partial charge >= 0.3 is 118 Å². The number of methoxy groups -OCH3 is 2. The Balaban J connectivity index is 0.972. The summed E-state index contributed by atoms with van der Waals surface area (Å²) in [4.78, 5) is 35.8. The van der Waals surface area contributed by atoms with E-state index in [1.54, 1.807) is 158 Å². The van der Waals surface area contributed by atoms with Crippen LogP contribution in [0.15, 0.2) is 206 Å². The van der Waals surface area contributed by atoms with E-state index in [-0.39, 0.29) is 87.8 Å². The third-order valence-corrected chi connectivity index (χ3v) is 26.1. The van der Waals surface area contributed by atoms with Crippen LogP contribution in [-0.2, 0) is 29.1 Å². The molecule has 778 valence electrons. The molecule has 2 N–H and O–H groups in total. The molecule has 0 aliphatic heterocycles. The molecular formula is C88H58B2F34N8O10S4. The first-order chi connectivity index (χ1) is 67.7. The predicted octanol–water partition coefficient (Wildman–Crippen LogP) is 20.9. The topological polar surface area (TPSA) is 231 Å². The maximum Gasteiger partial charge on any atom is 0.460 e. The number of fused-ring (bicyclic) bond motifs is 3. The number of nitrogens with one attached hydrogen (secondary N) is 2. The molecule has 0 saturated heterocycles. The van der Waals surface area contributed by atoms with Crippen molar-refractivity contribution in [3.8, 4) is 57.7 Å². The number of unbranched alkanes of at least 4 members (excludes halogenated alkanes) is 2. The quantitative estimate of drug-likeness (QED) is 0.0157. The number of ether oxygens (including phenoxy) is 6. The molecule has 58 heteroatoms. The number of alkyl halides is 34.